The maximum Gasteiger partial charge on any atom is 0.222 e. The van der Waals surface area contributed by atoms with Gasteiger partial charge in [-0.2, -0.15) is 0 Å². The lowest BCUT2D eigenvalue weighted by molar-refractivity contribution is -0.134. The highest BCUT2D eigenvalue weighted by Gasteiger charge is 2.32. The van der Waals surface area contributed by atoms with Crippen LogP contribution in [-0.4, -0.2) is 23.9 Å². The molecule has 1 rings (SSSR count). The Hall–Kier alpha value is -0.530. The standard InChI is InChI=1S/C22H43NO/c1-17(2)12-9-7-8-10-14-21(24)23-15-11-13-20(16-23)22(18(3)4)19(5)6/h17-20,22H,7-16H2,1-6H3. The van der Waals surface area contributed by atoms with Gasteiger partial charge in [-0.15, -0.1) is 0 Å². The predicted octanol–water partition coefficient (Wildman–Crippen LogP) is 6.15. The second-order valence-corrected chi connectivity index (χ2v) is 9.15. The highest BCUT2D eigenvalue weighted by molar-refractivity contribution is 5.76. The van der Waals surface area contributed by atoms with E-state index in [1.54, 1.807) is 0 Å². The Morgan fingerprint density at radius 2 is 1.58 bits per heavy atom. The van der Waals surface area contributed by atoms with Gasteiger partial charge in [0.1, 0.15) is 0 Å². The molecular weight excluding hydrogens is 294 g/mol. The fraction of sp³-hybridized carbons (Fsp3) is 0.955. The molecule has 1 amide bonds. The third-order valence-electron chi connectivity index (χ3n) is 5.82. The van der Waals surface area contributed by atoms with E-state index in [1.807, 2.05) is 0 Å². The van der Waals surface area contributed by atoms with E-state index in [2.05, 4.69) is 46.4 Å². The summed E-state index contributed by atoms with van der Waals surface area (Å²) in [4.78, 5) is 14.8. The molecule has 0 aromatic carbocycles. The molecular formula is C22H43NO. The summed E-state index contributed by atoms with van der Waals surface area (Å²) in [5.74, 6) is 4.10. The molecule has 0 radical (unpaired) electrons. The number of hydrogen-bond acceptors (Lipinski definition) is 1. The van der Waals surface area contributed by atoms with Crippen LogP contribution in [0.15, 0.2) is 0 Å². The molecule has 1 aliphatic rings. The molecule has 24 heavy (non-hydrogen) atoms. The number of likely N-dealkylation sites (tertiary alicyclic amines) is 1. The Kier molecular flexibility index (Phi) is 10.0. The first-order valence-electron chi connectivity index (χ1n) is 10.6. The van der Waals surface area contributed by atoms with Crippen LogP contribution in [0.5, 0.6) is 0 Å². The topological polar surface area (TPSA) is 20.3 Å². The molecule has 0 aliphatic carbocycles. The van der Waals surface area contributed by atoms with E-state index in [4.69, 9.17) is 0 Å². The van der Waals surface area contributed by atoms with Gasteiger partial charge in [0, 0.05) is 19.5 Å². The van der Waals surface area contributed by atoms with Crippen molar-refractivity contribution in [1.82, 2.24) is 4.90 Å². The molecule has 1 saturated heterocycles. The van der Waals surface area contributed by atoms with Crippen LogP contribution in [0, 0.1) is 29.6 Å². The molecule has 0 aromatic heterocycles. The van der Waals surface area contributed by atoms with Gasteiger partial charge in [0.05, 0.1) is 0 Å². The number of carbonyl (C=O) groups is 1. The first kappa shape index (κ1) is 21.5. The smallest absolute Gasteiger partial charge is 0.222 e. The molecule has 1 fully saturated rings. The zero-order chi connectivity index (χ0) is 18.1. The van der Waals surface area contributed by atoms with E-state index in [-0.39, 0.29) is 0 Å². The second kappa shape index (κ2) is 11.2. The van der Waals surface area contributed by atoms with Crippen molar-refractivity contribution in [1.29, 1.82) is 0 Å². The molecule has 1 aliphatic heterocycles. The number of nitrogens with zero attached hydrogens (tertiary/aromatic N) is 1. The Labute approximate surface area is 151 Å². The molecule has 1 heterocycles. The molecule has 0 aromatic rings. The molecule has 2 heteroatoms. The molecule has 0 saturated carbocycles. The number of piperidine rings is 1. The molecule has 0 N–H and O–H groups in total. The van der Waals surface area contributed by atoms with Crippen molar-refractivity contribution in [2.75, 3.05) is 13.1 Å². The zero-order valence-corrected chi connectivity index (χ0v) is 17.3. The van der Waals surface area contributed by atoms with Crippen LogP contribution in [-0.2, 0) is 4.79 Å². The molecule has 1 atom stereocenters. The Bertz CT molecular complexity index is 340. The summed E-state index contributed by atoms with van der Waals surface area (Å²) in [7, 11) is 0. The highest BCUT2D eigenvalue weighted by Crippen LogP contribution is 2.34. The first-order chi connectivity index (χ1) is 11.3. The maximum atomic E-state index is 12.6. The number of carbonyl (C=O) groups excluding carboxylic acids is 1. The van der Waals surface area contributed by atoms with Crippen molar-refractivity contribution in [3.8, 4) is 0 Å². The summed E-state index contributed by atoms with van der Waals surface area (Å²) in [5, 5.41) is 0. The van der Waals surface area contributed by atoms with Crippen LogP contribution in [0.3, 0.4) is 0 Å². The van der Waals surface area contributed by atoms with E-state index in [9.17, 15) is 4.79 Å². The number of unbranched alkanes of at least 4 members (excludes halogenated alkanes) is 3. The maximum absolute atomic E-state index is 12.6. The van der Waals surface area contributed by atoms with Gasteiger partial charge in [0.25, 0.3) is 0 Å². The SMILES string of the molecule is CC(C)CCCCCCC(=O)N1CCCC(C(C(C)C)C(C)C)C1. The summed E-state index contributed by atoms with van der Waals surface area (Å²) in [6.45, 7) is 16.0. The monoisotopic (exact) mass is 337 g/mol. The van der Waals surface area contributed by atoms with Gasteiger partial charge in [0.15, 0.2) is 0 Å². The minimum Gasteiger partial charge on any atom is -0.342 e. The van der Waals surface area contributed by atoms with Gasteiger partial charge in [-0.05, 0) is 48.9 Å². The molecule has 0 spiro atoms. The summed E-state index contributed by atoms with van der Waals surface area (Å²) in [6, 6.07) is 0. The average Bonchev–Trinajstić information content (AvgIpc) is 2.49. The van der Waals surface area contributed by atoms with Crippen LogP contribution < -0.4 is 0 Å². The van der Waals surface area contributed by atoms with Crippen molar-refractivity contribution in [2.24, 2.45) is 29.6 Å². The number of rotatable bonds is 10. The van der Waals surface area contributed by atoms with Crippen molar-refractivity contribution in [3.05, 3.63) is 0 Å². The summed E-state index contributed by atoms with van der Waals surface area (Å²) in [6.07, 6.45) is 9.50. The quantitative estimate of drug-likeness (QED) is 0.438. The van der Waals surface area contributed by atoms with Gasteiger partial charge in [-0.25, -0.2) is 0 Å². The van der Waals surface area contributed by atoms with Gasteiger partial charge >= 0.3 is 0 Å². The van der Waals surface area contributed by atoms with Gasteiger partial charge < -0.3 is 4.90 Å². The van der Waals surface area contributed by atoms with Crippen LogP contribution in [0.4, 0.5) is 0 Å². The van der Waals surface area contributed by atoms with E-state index in [1.165, 1.54) is 38.5 Å². The Morgan fingerprint density at radius 3 is 2.17 bits per heavy atom. The van der Waals surface area contributed by atoms with E-state index >= 15 is 0 Å². The lowest BCUT2D eigenvalue weighted by atomic mass is 9.73. The molecule has 142 valence electrons. The fourth-order valence-corrected chi connectivity index (χ4v) is 4.75. The molecule has 1 unspecified atom stereocenters. The first-order valence-corrected chi connectivity index (χ1v) is 10.6. The van der Waals surface area contributed by atoms with E-state index in [0.29, 0.717) is 23.7 Å². The lowest BCUT2D eigenvalue weighted by Crippen LogP contribution is -2.44. The zero-order valence-electron chi connectivity index (χ0n) is 17.3. The van der Waals surface area contributed by atoms with Crippen LogP contribution in [0.2, 0.25) is 0 Å². The number of amides is 1. The predicted molar refractivity (Wildman–Crippen MR) is 105 cm³/mol. The summed E-state index contributed by atoms with van der Waals surface area (Å²) in [5.41, 5.74) is 0. The molecule has 0 bridgehead atoms. The van der Waals surface area contributed by atoms with Crippen molar-refractivity contribution >= 4 is 5.91 Å². The van der Waals surface area contributed by atoms with Gasteiger partial charge in [-0.1, -0.05) is 67.2 Å². The van der Waals surface area contributed by atoms with Crippen LogP contribution >= 0.6 is 0 Å². The van der Waals surface area contributed by atoms with Crippen LogP contribution in [0.25, 0.3) is 0 Å². The largest absolute Gasteiger partial charge is 0.342 e. The van der Waals surface area contributed by atoms with Crippen LogP contribution in [0.1, 0.15) is 92.9 Å². The third-order valence-corrected chi connectivity index (χ3v) is 5.82. The van der Waals surface area contributed by atoms with Crippen molar-refractivity contribution < 1.29 is 4.79 Å². The minimum atomic E-state index is 0.412. The normalized spacial score (nSPS) is 19.1. The lowest BCUT2D eigenvalue weighted by Gasteiger charge is -2.40. The molecule has 2 nitrogen and oxygen atoms in total. The number of hydrogen-bond donors (Lipinski definition) is 0. The van der Waals surface area contributed by atoms with E-state index < -0.39 is 0 Å². The van der Waals surface area contributed by atoms with Gasteiger partial charge in [-0.3, -0.25) is 4.79 Å². The van der Waals surface area contributed by atoms with Crippen molar-refractivity contribution in [3.63, 3.8) is 0 Å². The second-order valence-electron chi connectivity index (χ2n) is 9.15. The Morgan fingerprint density at radius 1 is 0.958 bits per heavy atom. The summed E-state index contributed by atoms with van der Waals surface area (Å²) < 4.78 is 0. The third kappa shape index (κ3) is 7.57. The Balaban J connectivity index is 2.34. The average molecular weight is 338 g/mol. The minimum absolute atomic E-state index is 0.412. The fourth-order valence-electron chi connectivity index (χ4n) is 4.75. The van der Waals surface area contributed by atoms with E-state index in [0.717, 1.165) is 37.8 Å². The highest BCUT2D eigenvalue weighted by atomic mass is 16.2. The van der Waals surface area contributed by atoms with Crippen molar-refractivity contribution in [2.45, 2.75) is 92.9 Å². The van der Waals surface area contributed by atoms with Gasteiger partial charge in [0.2, 0.25) is 5.91 Å². The summed E-state index contributed by atoms with van der Waals surface area (Å²) >= 11 is 0.